The number of fused-ring (bicyclic) bond motifs is 1. The topological polar surface area (TPSA) is 79.4 Å². The minimum Gasteiger partial charge on any atom is -0.298 e. The number of nitrogens with zero attached hydrogens (tertiary/aromatic N) is 2. The van der Waals surface area contributed by atoms with Crippen molar-refractivity contribution in [1.29, 1.82) is 0 Å². The van der Waals surface area contributed by atoms with Crippen LogP contribution in [0.4, 0.5) is 5.13 Å². The molecule has 2 aromatic carbocycles. The van der Waals surface area contributed by atoms with Gasteiger partial charge in [-0.15, -0.1) is 0 Å². The summed E-state index contributed by atoms with van der Waals surface area (Å²) in [4.78, 5) is 17.3. The van der Waals surface area contributed by atoms with Gasteiger partial charge in [-0.3, -0.25) is 10.1 Å². The van der Waals surface area contributed by atoms with Crippen molar-refractivity contribution in [2.75, 3.05) is 18.4 Å². The summed E-state index contributed by atoms with van der Waals surface area (Å²) in [5.41, 5.74) is 2.40. The Balaban J connectivity index is 1.54. The van der Waals surface area contributed by atoms with E-state index in [9.17, 15) is 13.2 Å². The SMILES string of the molecule is CC(C)(C)c1ccc(C(=O)Nc2nc3ccc(S(=O)(=O)N4CCCC4)cc3s2)cc1. The molecule has 0 radical (unpaired) electrons. The zero-order chi connectivity index (χ0) is 21.5. The average molecular weight is 444 g/mol. The van der Waals surface area contributed by atoms with Gasteiger partial charge in [-0.05, 0) is 54.2 Å². The van der Waals surface area contributed by atoms with Crippen molar-refractivity contribution >= 4 is 42.6 Å². The molecule has 158 valence electrons. The van der Waals surface area contributed by atoms with Crippen molar-refractivity contribution in [3.05, 3.63) is 53.6 Å². The highest BCUT2D eigenvalue weighted by Gasteiger charge is 2.27. The van der Waals surface area contributed by atoms with Gasteiger partial charge in [0.1, 0.15) is 0 Å². The molecule has 0 aliphatic carbocycles. The van der Waals surface area contributed by atoms with E-state index in [1.807, 2.05) is 24.3 Å². The molecule has 1 fully saturated rings. The number of sulfonamides is 1. The van der Waals surface area contributed by atoms with Gasteiger partial charge in [0, 0.05) is 18.7 Å². The van der Waals surface area contributed by atoms with Crippen LogP contribution in [0.2, 0.25) is 0 Å². The molecule has 0 unspecified atom stereocenters. The number of benzene rings is 2. The molecule has 30 heavy (non-hydrogen) atoms. The van der Waals surface area contributed by atoms with Crippen LogP contribution in [0.5, 0.6) is 0 Å². The summed E-state index contributed by atoms with van der Waals surface area (Å²) in [5.74, 6) is -0.237. The lowest BCUT2D eigenvalue weighted by molar-refractivity contribution is 0.102. The van der Waals surface area contributed by atoms with E-state index in [1.54, 1.807) is 18.2 Å². The molecule has 0 bridgehead atoms. The number of rotatable bonds is 4. The summed E-state index contributed by atoms with van der Waals surface area (Å²) >= 11 is 1.27. The zero-order valence-electron chi connectivity index (χ0n) is 17.3. The first-order chi connectivity index (χ1) is 14.1. The number of thiazole rings is 1. The molecule has 1 N–H and O–H groups in total. The van der Waals surface area contributed by atoms with Gasteiger partial charge < -0.3 is 0 Å². The molecule has 1 amide bonds. The second-order valence-electron chi connectivity index (χ2n) is 8.54. The van der Waals surface area contributed by atoms with Crippen molar-refractivity contribution in [2.24, 2.45) is 0 Å². The maximum Gasteiger partial charge on any atom is 0.257 e. The average Bonchev–Trinajstić information content (AvgIpc) is 3.36. The van der Waals surface area contributed by atoms with E-state index in [1.165, 1.54) is 15.6 Å². The smallest absolute Gasteiger partial charge is 0.257 e. The summed E-state index contributed by atoms with van der Waals surface area (Å²) in [6.07, 6.45) is 1.80. The Labute approximate surface area is 181 Å². The van der Waals surface area contributed by atoms with Crippen LogP contribution in [-0.2, 0) is 15.4 Å². The normalized spacial score (nSPS) is 15.6. The monoisotopic (exact) mass is 443 g/mol. The molecule has 4 rings (SSSR count). The highest BCUT2D eigenvalue weighted by Crippen LogP contribution is 2.30. The fraction of sp³-hybridized carbons (Fsp3) is 0.364. The second-order valence-corrected chi connectivity index (χ2v) is 11.5. The van der Waals surface area contributed by atoms with Gasteiger partial charge in [0.05, 0.1) is 15.1 Å². The number of amides is 1. The maximum atomic E-state index is 12.8. The van der Waals surface area contributed by atoms with E-state index in [0.29, 0.717) is 29.3 Å². The van der Waals surface area contributed by atoms with Crippen molar-refractivity contribution in [1.82, 2.24) is 9.29 Å². The molecule has 2 heterocycles. The van der Waals surface area contributed by atoms with E-state index >= 15 is 0 Å². The number of aromatic nitrogens is 1. The van der Waals surface area contributed by atoms with E-state index < -0.39 is 10.0 Å². The predicted octanol–water partition coefficient (Wildman–Crippen LogP) is 4.63. The first-order valence-corrected chi connectivity index (χ1v) is 12.2. The largest absolute Gasteiger partial charge is 0.298 e. The lowest BCUT2D eigenvalue weighted by Crippen LogP contribution is -2.27. The Morgan fingerprint density at radius 2 is 1.73 bits per heavy atom. The molecule has 1 aliphatic heterocycles. The molecule has 0 atom stereocenters. The number of carbonyl (C=O) groups is 1. The Morgan fingerprint density at radius 3 is 2.37 bits per heavy atom. The fourth-order valence-electron chi connectivity index (χ4n) is 3.49. The standard InChI is InChI=1S/C22H25N3O3S2/c1-22(2,3)16-8-6-15(7-9-16)20(26)24-21-23-18-11-10-17(14-19(18)29-21)30(27,28)25-12-4-5-13-25/h6-11,14H,4-5,12-13H2,1-3H3,(H,23,24,26). The van der Waals surface area contributed by atoms with Crippen LogP contribution in [0.3, 0.4) is 0 Å². The van der Waals surface area contributed by atoms with Crippen molar-refractivity contribution in [3.63, 3.8) is 0 Å². The molecule has 0 saturated carbocycles. The summed E-state index contributed by atoms with van der Waals surface area (Å²) in [5, 5.41) is 3.28. The number of anilines is 1. The highest BCUT2D eigenvalue weighted by molar-refractivity contribution is 7.89. The Morgan fingerprint density at radius 1 is 1.07 bits per heavy atom. The molecule has 6 nitrogen and oxygen atoms in total. The Hall–Kier alpha value is -2.29. The zero-order valence-corrected chi connectivity index (χ0v) is 18.9. The summed E-state index contributed by atoms with van der Waals surface area (Å²) in [6.45, 7) is 7.51. The van der Waals surface area contributed by atoms with Gasteiger partial charge in [0.25, 0.3) is 5.91 Å². The van der Waals surface area contributed by atoms with E-state index in [0.717, 1.165) is 23.1 Å². The second kappa shape index (κ2) is 7.76. The number of carbonyl (C=O) groups excluding carboxylic acids is 1. The third kappa shape index (κ3) is 4.12. The minimum atomic E-state index is -3.48. The van der Waals surface area contributed by atoms with Crippen molar-refractivity contribution in [3.8, 4) is 0 Å². The molecular weight excluding hydrogens is 418 g/mol. The van der Waals surface area contributed by atoms with Crippen LogP contribution >= 0.6 is 11.3 Å². The molecule has 3 aromatic rings. The molecule has 0 spiro atoms. The Bertz CT molecular complexity index is 1190. The summed E-state index contributed by atoms with van der Waals surface area (Å²) in [7, 11) is -3.48. The van der Waals surface area contributed by atoms with Crippen LogP contribution in [0.25, 0.3) is 10.2 Å². The van der Waals surface area contributed by atoms with Crippen LogP contribution < -0.4 is 5.32 Å². The van der Waals surface area contributed by atoms with Crippen LogP contribution in [-0.4, -0.2) is 36.7 Å². The quantitative estimate of drug-likeness (QED) is 0.638. The number of nitrogens with one attached hydrogen (secondary N) is 1. The van der Waals surface area contributed by atoms with Gasteiger partial charge in [-0.25, -0.2) is 13.4 Å². The molecule has 1 aromatic heterocycles. The van der Waals surface area contributed by atoms with Gasteiger partial charge in [-0.2, -0.15) is 4.31 Å². The van der Waals surface area contributed by atoms with Crippen LogP contribution in [0.15, 0.2) is 47.4 Å². The van der Waals surface area contributed by atoms with E-state index in [-0.39, 0.29) is 16.2 Å². The van der Waals surface area contributed by atoms with Crippen LogP contribution in [0, 0.1) is 0 Å². The van der Waals surface area contributed by atoms with Gasteiger partial charge >= 0.3 is 0 Å². The highest BCUT2D eigenvalue weighted by atomic mass is 32.2. The third-order valence-corrected chi connectivity index (χ3v) is 8.12. The molecule has 1 aliphatic rings. The van der Waals surface area contributed by atoms with E-state index in [2.05, 4.69) is 31.1 Å². The van der Waals surface area contributed by atoms with Gasteiger partial charge in [0.15, 0.2) is 5.13 Å². The molecular formula is C22H25N3O3S2. The third-order valence-electron chi connectivity index (χ3n) is 5.30. The van der Waals surface area contributed by atoms with E-state index in [4.69, 9.17) is 0 Å². The maximum absolute atomic E-state index is 12.8. The number of hydrogen-bond donors (Lipinski definition) is 1. The summed E-state index contributed by atoms with van der Waals surface area (Å²) < 4.78 is 27.8. The Kier molecular flexibility index (Phi) is 5.42. The minimum absolute atomic E-state index is 0.0230. The van der Waals surface area contributed by atoms with Crippen molar-refractivity contribution in [2.45, 2.75) is 43.9 Å². The van der Waals surface area contributed by atoms with Crippen LogP contribution in [0.1, 0.15) is 49.5 Å². The molecule has 8 heteroatoms. The summed E-state index contributed by atoms with van der Waals surface area (Å²) in [6, 6.07) is 12.5. The van der Waals surface area contributed by atoms with Gasteiger partial charge in [0.2, 0.25) is 10.0 Å². The number of hydrogen-bond acceptors (Lipinski definition) is 5. The fourth-order valence-corrected chi connectivity index (χ4v) is 6.01. The predicted molar refractivity (Wildman–Crippen MR) is 121 cm³/mol. The lowest BCUT2D eigenvalue weighted by Gasteiger charge is -2.18. The first kappa shape index (κ1) is 21.0. The molecule has 1 saturated heterocycles. The van der Waals surface area contributed by atoms with Crippen molar-refractivity contribution < 1.29 is 13.2 Å². The lowest BCUT2D eigenvalue weighted by atomic mass is 9.87. The first-order valence-electron chi connectivity index (χ1n) is 9.97. The van der Waals surface area contributed by atoms with Gasteiger partial charge in [-0.1, -0.05) is 44.2 Å².